The van der Waals surface area contributed by atoms with Crippen LogP contribution in [0.1, 0.15) is 19.4 Å². The van der Waals surface area contributed by atoms with Gasteiger partial charge in [-0.3, -0.25) is 10.2 Å². The van der Waals surface area contributed by atoms with Gasteiger partial charge in [0.25, 0.3) is 5.97 Å². The summed E-state index contributed by atoms with van der Waals surface area (Å²) in [5.74, 6) is -0.119. The van der Waals surface area contributed by atoms with Crippen LogP contribution in [0.5, 0.6) is 5.75 Å². The molecule has 0 aliphatic rings. The Balaban J connectivity index is 0.000000487. The minimum Gasteiger partial charge on any atom is -0.493 e. The summed E-state index contributed by atoms with van der Waals surface area (Å²) < 4.78 is 5.28. The number of para-hydroxylation sites is 1. The number of carboxylic acid groups (broad SMARTS) is 1. The van der Waals surface area contributed by atoms with Crippen molar-refractivity contribution in [3.05, 3.63) is 29.8 Å². The van der Waals surface area contributed by atoms with E-state index in [4.69, 9.17) is 25.8 Å². The number of hydrogen-bond acceptors (Lipinski definition) is 3. The quantitative estimate of drug-likeness (QED) is 0.535. The average molecular weight is 224 g/mol. The molecule has 5 nitrogen and oxygen atoms in total. The first kappa shape index (κ1) is 14.0. The molecule has 5 heteroatoms. The molecular formula is C11H16N2O3. The van der Waals surface area contributed by atoms with Crippen molar-refractivity contribution < 1.29 is 14.6 Å². The van der Waals surface area contributed by atoms with Crippen molar-refractivity contribution in [2.24, 2.45) is 5.73 Å². The maximum absolute atomic E-state index is 9.00. The second-order valence-corrected chi connectivity index (χ2v) is 2.86. The van der Waals surface area contributed by atoms with Crippen LogP contribution in [-0.4, -0.2) is 23.5 Å². The summed E-state index contributed by atoms with van der Waals surface area (Å²) in [5, 5.41) is 14.7. The Bertz CT molecular complexity index is 360. The molecule has 0 fully saturated rings. The van der Waals surface area contributed by atoms with Gasteiger partial charge in [-0.2, -0.15) is 0 Å². The monoisotopic (exact) mass is 224 g/mol. The zero-order valence-electron chi connectivity index (χ0n) is 9.36. The van der Waals surface area contributed by atoms with Crippen LogP contribution in [0.2, 0.25) is 0 Å². The number of benzene rings is 1. The number of nitrogens with one attached hydrogen (secondary N) is 1. The smallest absolute Gasteiger partial charge is 0.300 e. The number of amidine groups is 1. The third kappa shape index (κ3) is 5.64. The molecule has 0 unspecified atom stereocenters. The lowest BCUT2D eigenvalue weighted by Gasteiger charge is -2.07. The SMILES string of the molecule is CC(=O)O.CCOc1ccccc1C(=N)N. The summed E-state index contributed by atoms with van der Waals surface area (Å²) in [5.41, 5.74) is 6.00. The van der Waals surface area contributed by atoms with Gasteiger partial charge < -0.3 is 15.6 Å². The highest BCUT2D eigenvalue weighted by molar-refractivity contribution is 5.97. The van der Waals surface area contributed by atoms with Gasteiger partial charge in [0, 0.05) is 6.92 Å². The van der Waals surface area contributed by atoms with Gasteiger partial charge in [0.2, 0.25) is 0 Å². The zero-order chi connectivity index (χ0) is 12.6. The summed E-state index contributed by atoms with van der Waals surface area (Å²) in [4.78, 5) is 9.00. The van der Waals surface area contributed by atoms with Gasteiger partial charge in [-0.05, 0) is 19.1 Å². The standard InChI is InChI=1S/C9H12N2O.C2H4O2/c1-2-12-8-6-4-3-5-7(8)9(10)11;1-2(3)4/h3-6H,2H2,1H3,(H3,10,11);1H3,(H,3,4). The van der Waals surface area contributed by atoms with E-state index >= 15 is 0 Å². The average Bonchev–Trinajstić information content (AvgIpc) is 2.18. The second kappa shape index (κ2) is 7.28. The predicted octanol–water partition coefficient (Wildman–Crippen LogP) is 1.46. The highest BCUT2D eigenvalue weighted by atomic mass is 16.5. The topological polar surface area (TPSA) is 96.4 Å². The first-order valence-corrected chi connectivity index (χ1v) is 4.74. The Morgan fingerprint density at radius 1 is 1.50 bits per heavy atom. The van der Waals surface area contributed by atoms with E-state index in [-0.39, 0.29) is 5.84 Å². The van der Waals surface area contributed by atoms with E-state index in [2.05, 4.69) is 0 Å². The molecule has 0 aliphatic carbocycles. The van der Waals surface area contributed by atoms with E-state index in [0.29, 0.717) is 17.9 Å². The molecule has 0 aliphatic heterocycles. The van der Waals surface area contributed by atoms with Crippen LogP contribution in [0.4, 0.5) is 0 Å². The van der Waals surface area contributed by atoms with Crippen molar-refractivity contribution in [1.29, 1.82) is 5.41 Å². The molecular weight excluding hydrogens is 208 g/mol. The van der Waals surface area contributed by atoms with Crippen molar-refractivity contribution in [2.75, 3.05) is 6.61 Å². The molecule has 0 radical (unpaired) electrons. The highest BCUT2D eigenvalue weighted by Gasteiger charge is 2.03. The Hall–Kier alpha value is -2.04. The number of carbonyl (C=O) groups is 1. The van der Waals surface area contributed by atoms with Crippen LogP contribution in [0, 0.1) is 5.41 Å². The van der Waals surface area contributed by atoms with Crippen molar-refractivity contribution in [1.82, 2.24) is 0 Å². The molecule has 0 atom stereocenters. The Labute approximate surface area is 94.4 Å². The minimum atomic E-state index is -0.833. The van der Waals surface area contributed by atoms with Crippen molar-refractivity contribution in [3.8, 4) is 5.75 Å². The largest absolute Gasteiger partial charge is 0.493 e. The van der Waals surface area contributed by atoms with Gasteiger partial charge in [0.1, 0.15) is 11.6 Å². The molecule has 0 saturated carbocycles. The summed E-state index contributed by atoms with van der Waals surface area (Å²) in [6.45, 7) is 3.57. The minimum absolute atomic E-state index is 0.0408. The predicted molar refractivity (Wildman–Crippen MR) is 61.9 cm³/mol. The number of nitrogens with two attached hydrogens (primary N) is 1. The molecule has 88 valence electrons. The van der Waals surface area contributed by atoms with Crippen molar-refractivity contribution in [3.63, 3.8) is 0 Å². The van der Waals surface area contributed by atoms with Crippen LogP contribution in [0.15, 0.2) is 24.3 Å². The van der Waals surface area contributed by atoms with Crippen LogP contribution >= 0.6 is 0 Å². The number of hydrogen-bond donors (Lipinski definition) is 3. The van der Waals surface area contributed by atoms with Crippen molar-refractivity contribution in [2.45, 2.75) is 13.8 Å². The van der Waals surface area contributed by atoms with E-state index < -0.39 is 5.97 Å². The maximum atomic E-state index is 9.00. The van der Waals surface area contributed by atoms with E-state index in [1.165, 1.54) is 0 Å². The lowest BCUT2D eigenvalue weighted by Crippen LogP contribution is -2.12. The summed E-state index contributed by atoms with van der Waals surface area (Å²) in [6.07, 6.45) is 0. The third-order valence-corrected chi connectivity index (χ3v) is 1.48. The van der Waals surface area contributed by atoms with E-state index in [1.807, 2.05) is 19.1 Å². The number of ether oxygens (including phenoxy) is 1. The highest BCUT2D eigenvalue weighted by Crippen LogP contribution is 2.16. The van der Waals surface area contributed by atoms with Gasteiger partial charge in [0.15, 0.2) is 0 Å². The molecule has 0 heterocycles. The Morgan fingerprint density at radius 3 is 2.44 bits per heavy atom. The molecule has 0 saturated heterocycles. The van der Waals surface area contributed by atoms with Crippen molar-refractivity contribution >= 4 is 11.8 Å². The van der Waals surface area contributed by atoms with Gasteiger partial charge in [-0.15, -0.1) is 0 Å². The van der Waals surface area contributed by atoms with E-state index in [9.17, 15) is 0 Å². The molecule has 4 N–H and O–H groups in total. The first-order chi connectivity index (χ1) is 7.49. The Morgan fingerprint density at radius 2 is 2.00 bits per heavy atom. The maximum Gasteiger partial charge on any atom is 0.300 e. The Kier molecular flexibility index (Phi) is 6.35. The normalized spacial score (nSPS) is 8.62. The number of carboxylic acids is 1. The number of rotatable bonds is 3. The summed E-state index contributed by atoms with van der Waals surface area (Å²) in [7, 11) is 0. The van der Waals surface area contributed by atoms with Crippen LogP contribution in [0.25, 0.3) is 0 Å². The molecule has 1 aromatic carbocycles. The molecule has 0 aromatic heterocycles. The van der Waals surface area contributed by atoms with Crippen LogP contribution < -0.4 is 10.5 Å². The molecule has 16 heavy (non-hydrogen) atoms. The molecule has 1 rings (SSSR count). The summed E-state index contributed by atoms with van der Waals surface area (Å²) >= 11 is 0. The molecule has 0 amide bonds. The molecule has 0 spiro atoms. The zero-order valence-corrected chi connectivity index (χ0v) is 9.36. The van der Waals surface area contributed by atoms with Gasteiger partial charge in [0.05, 0.1) is 12.2 Å². The van der Waals surface area contributed by atoms with Crippen LogP contribution in [-0.2, 0) is 4.79 Å². The number of nitrogen functional groups attached to an aromatic ring is 1. The van der Waals surface area contributed by atoms with Gasteiger partial charge >= 0.3 is 0 Å². The number of aliphatic carboxylic acids is 1. The van der Waals surface area contributed by atoms with Gasteiger partial charge in [-0.25, -0.2) is 0 Å². The lowest BCUT2D eigenvalue weighted by atomic mass is 10.2. The second-order valence-electron chi connectivity index (χ2n) is 2.86. The lowest BCUT2D eigenvalue weighted by molar-refractivity contribution is -0.134. The molecule has 1 aromatic rings. The first-order valence-electron chi connectivity index (χ1n) is 4.74. The molecule has 0 bridgehead atoms. The van der Waals surface area contributed by atoms with Crippen LogP contribution in [0.3, 0.4) is 0 Å². The fraction of sp³-hybridized carbons (Fsp3) is 0.273. The van der Waals surface area contributed by atoms with E-state index in [0.717, 1.165) is 6.92 Å². The van der Waals surface area contributed by atoms with E-state index in [1.54, 1.807) is 12.1 Å². The summed E-state index contributed by atoms with van der Waals surface area (Å²) in [6, 6.07) is 7.27. The third-order valence-electron chi connectivity index (χ3n) is 1.48. The fourth-order valence-corrected chi connectivity index (χ4v) is 0.971. The van der Waals surface area contributed by atoms with Gasteiger partial charge in [-0.1, -0.05) is 12.1 Å². The fourth-order valence-electron chi connectivity index (χ4n) is 0.971.